The molecule has 0 spiro atoms. The number of benzene rings is 1. The molecule has 0 amide bonds. The van der Waals surface area contributed by atoms with Crippen molar-refractivity contribution in [3.63, 3.8) is 0 Å². The van der Waals surface area contributed by atoms with Crippen LogP contribution in [0, 0.1) is 0 Å². The third kappa shape index (κ3) is 1.16. The number of carbonyl (C=O) groups is 1. The molecule has 1 aliphatic rings. The number of fused-ring (bicyclic) bond motifs is 1. The van der Waals surface area contributed by atoms with E-state index in [0.29, 0.717) is 0 Å². The molecule has 1 aromatic carbocycles. The molecule has 2 nitrogen and oxygen atoms in total. The van der Waals surface area contributed by atoms with Gasteiger partial charge in [-0.05, 0) is 17.7 Å². The highest BCUT2D eigenvalue weighted by Crippen LogP contribution is 2.54. The van der Waals surface area contributed by atoms with Crippen LogP contribution in [0.1, 0.15) is 5.56 Å². The zero-order valence-electron chi connectivity index (χ0n) is 7.14. The zero-order valence-corrected chi connectivity index (χ0v) is 7.89. The van der Waals surface area contributed by atoms with Crippen LogP contribution in [0.4, 0.5) is 13.2 Å². The van der Waals surface area contributed by atoms with Crippen molar-refractivity contribution in [3.8, 4) is 5.75 Å². The first-order valence-corrected chi connectivity index (χ1v) is 4.32. The lowest BCUT2D eigenvalue weighted by atomic mass is 9.88. The van der Waals surface area contributed by atoms with Gasteiger partial charge in [0.2, 0.25) is 0 Å². The van der Waals surface area contributed by atoms with Gasteiger partial charge in [0.05, 0.1) is 5.56 Å². The van der Waals surface area contributed by atoms with Crippen molar-refractivity contribution in [3.05, 3.63) is 29.8 Å². The maximum atomic E-state index is 12.7. The summed E-state index contributed by atoms with van der Waals surface area (Å²) in [5, 5.41) is -1.58. The fourth-order valence-corrected chi connectivity index (χ4v) is 1.74. The first-order chi connectivity index (χ1) is 6.89. The van der Waals surface area contributed by atoms with Crippen molar-refractivity contribution in [2.75, 3.05) is 0 Å². The van der Waals surface area contributed by atoms with Crippen LogP contribution in [-0.2, 0) is 10.4 Å². The molecule has 1 atom stereocenters. The number of hydrogen-bond acceptors (Lipinski definition) is 2. The molecule has 1 aromatic rings. The van der Waals surface area contributed by atoms with Crippen LogP contribution in [0.3, 0.4) is 0 Å². The van der Waals surface area contributed by atoms with Crippen molar-refractivity contribution in [2.24, 2.45) is 0 Å². The van der Waals surface area contributed by atoms with Crippen LogP contribution in [0.5, 0.6) is 5.75 Å². The Hall–Kier alpha value is -1.23. The number of hydrogen-bond donors (Lipinski definition) is 0. The van der Waals surface area contributed by atoms with E-state index in [1.807, 2.05) is 0 Å². The SMILES string of the molecule is O=C(Cl)C1(C(F)(F)F)Oc2ccccc21. The first kappa shape index (κ1) is 10.3. The maximum absolute atomic E-state index is 12.7. The summed E-state index contributed by atoms with van der Waals surface area (Å²) in [6, 6.07) is 5.42. The molecular formula is C9H4ClF3O2. The smallest absolute Gasteiger partial charge is 0.441 e. The number of carbonyl (C=O) groups excluding carboxylic acids is 1. The molecule has 0 N–H and O–H groups in total. The van der Waals surface area contributed by atoms with Gasteiger partial charge in [0.15, 0.2) is 0 Å². The predicted octanol–water partition coefficient (Wildman–Crippen LogP) is 2.60. The summed E-state index contributed by atoms with van der Waals surface area (Å²) in [7, 11) is 0. The van der Waals surface area contributed by atoms with Gasteiger partial charge in [-0.2, -0.15) is 13.2 Å². The summed E-state index contributed by atoms with van der Waals surface area (Å²) in [6.07, 6.45) is -4.85. The van der Waals surface area contributed by atoms with E-state index in [-0.39, 0.29) is 11.3 Å². The third-order valence-electron chi connectivity index (χ3n) is 2.21. The quantitative estimate of drug-likeness (QED) is 0.701. The van der Waals surface area contributed by atoms with Gasteiger partial charge >= 0.3 is 11.8 Å². The van der Waals surface area contributed by atoms with Crippen LogP contribution in [-0.4, -0.2) is 11.4 Å². The summed E-state index contributed by atoms with van der Waals surface area (Å²) in [4.78, 5) is 10.9. The zero-order chi connectivity index (χ0) is 11.3. The third-order valence-corrected chi connectivity index (χ3v) is 2.47. The summed E-state index contributed by atoms with van der Waals surface area (Å²) in [6.45, 7) is 0. The summed E-state index contributed by atoms with van der Waals surface area (Å²) in [5.41, 5.74) is -3.22. The molecule has 1 heterocycles. The van der Waals surface area contributed by atoms with Crippen LogP contribution in [0.2, 0.25) is 0 Å². The van der Waals surface area contributed by atoms with Crippen molar-refractivity contribution in [1.82, 2.24) is 0 Å². The van der Waals surface area contributed by atoms with Crippen LogP contribution < -0.4 is 4.74 Å². The summed E-state index contributed by atoms with van der Waals surface area (Å²) in [5.74, 6) is 0.0313. The van der Waals surface area contributed by atoms with E-state index < -0.39 is 17.0 Å². The monoisotopic (exact) mass is 236 g/mol. The Bertz CT molecular complexity index is 430. The molecule has 0 aliphatic carbocycles. The van der Waals surface area contributed by atoms with Gasteiger partial charge in [-0.3, -0.25) is 4.79 Å². The molecule has 2 rings (SSSR count). The number of rotatable bonds is 1. The Kier molecular flexibility index (Phi) is 1.98. The fraction of sp³-hybridized carbons (Fsp3) is 0.222. The van der Waals surface area contributed by atoms with Gasteiger partial charge in [0.25, 0.3) is 5.24 Å². The van der Waals surface area contributed by atoms with Gasteiger partial charge in [-0.15, -0.1) is 0 Å². The minimum atomic E-state index is -4.85. The van der Waals surface area contributed by atoms with E-state index >= 15 is 0 Å². The molecule has 0 saturated carbocycles. The molecule has 1 unspecified atom stereocenters. The van der Waals surface area contributed by atoms with E-state index in [1.54, 1.807) is 0 Å². The largest absolute Gasteiger partial charge is 0.463 e. The fourth-order valence-electron chi connectivity index (χ4n) is 1.49. The molecule has 15 heavy (non-hydrogen) atoms. The van der Waals surface area contributed by atoms with E-state index in [9.17, 15) is 18.0 Å². The van der Waals surface area contributed by atoms with Gasteiger partial charge in [0, 0.05) is 0 Å². The predicted molar refractivity (Wildman–Crippen MR) is 45.7 cm³/mol. The average molecular weight is 237 g/mol. The van der Waals surface area contributed by atoms with Gasteiger partial charge in [-0.25, -0.2) is 0 Å². The normalized spacial score (nSPS) is 23.7. The molecule has 0 radical (unpaired) electrons. The Morgan fingerprint density at radius 2 is 1.93 bits per heavy atom. The first-order valence-electron chi connectivity index (χ1n) is 3.95. The Morgan fingerprint density at radius 3 is 2.40 bits per heavy atom. The maximum Gasteiger partial charge on any atom is 0.441 e. The molecule has 0 aromatic heterocycles. The molecule has 1 aliphatic heterocycles. The number of halogens is 4. The van der Waals surface area contributed by atoms with Crippen molar-refractivity contribution in [1.29, 1.82) is 0 Å². The lowest BCUT2D eigenvalue weighted by Crippen LogP contribution is -2.57. The van der Waals surface area contributed by atoms with E-state index in [0.717, 1.165) is 0 Å². The minimum Gasteiger partial charge on any atom is -0.463 e. The highest BCUT2D eigenvalue weighted by molar-refractivity contribution is 6.65. The van der Waals surface area contributed by atoms with Crippen molar-refractivity contribution in [2.45, 2.75) is 11.8 Å². The molecule has 6 heteroatoms. The van der Waals surface area contributed by atoms with Gasteiger partial charge < -0.3 is 4.74 Å². The standard InChI is InChI=1S/C9H4ClF3O2/c10-7(14)8(9(11,12)13)5-3-1-2-4-6(5)15-8/h1-4H. The Morgan fingerprint density at radius 1 is 1.33 bits per heavy atom. The topological polar surface area (TPSA) is 26.3 Å². The molecule has 0 bridgehead atoms. The second-order valence-corrected chi connectivity index (χ2v) is 3.39. The highest BCUT2D eigenvalue weighted by Gasteiger charge is 2.69. The van der Waals surface area contributed by atoms with E-state index in [2.05, 4.69) is 4.74 Å². The summed E-state index contributed by atoms with van der Waals surface area (Å²) >= 11 is 4.96. The van der Waals surface area contributed by atoms with Crippen molar-refractivity contribution < 1.29 is 22.7 Å². The van der Waals surface area contributed by atoms with Gasteiger partial charge in [0.1, 0.15) is 5.75 Å². The lowest BCUT2D eigenvalue weighted by Gasteiger charge is -2.41. The average Bonchev–Trinajstić information content (AvgIpc) is 2.04. The van der Waals surface area contributed by atoms with E-state index in [4.69, 9.17) is 11.6 Å². The molecular weight excluding hydrogens is 233 g/mol. The number of para-hydroxylation sites is 1. The molecule has 0 saturated heterocycles. The van der Waals surface area contributed by atoms with Gasteiger partial charge in [-0.1, -0.05) is 18.2 Å². The molecule has 80 valence electrons. The number of alkyl halides is 3. The van der Waals surface area contributed by atoms with E-state index in [1.165, 1.54) is 24.3 Å². The minimum absolute atomic E-state index is 0.0313. The summed E-state index contributed by atoms with van der Waals surface area (Å²) < 4.78 is 42.5. The van der Waals surface area contributed by atoms with Crippen LogP contribution in [0.25, 0.3) is 0 Å². The highest BCUT2D eigenvalue weighted by atomic mass is 35.5. The van der Waals surface area contributed by atoms with Crippen LogP contribution >= 0.6 is 11.6 Å². The number of ether oxygens (including phenoxy) is 1. The van der Waals surface area contributed by atoms with Crippen molar-refractivity contribution >= 4 is 16.8 Å². The second kappa shape index (κ2) is 2.88. The van der Waals surface area contributed by atoms with Crippen LogP contribution in [0.15, 0.2) is 24.3 Å². The lowest BCUT2D eigenvalue weighted by molar-refractivity contribution is -0.256. The Labute approximate surface area is 87.6 Å². The Balaban J connectivity index is 2.57. The molecule has 0 fully saturated rings. The second-order valence-electron chi connectivity index (χ2n) is 3.05.